The molecule has 0 atom stereocenters. The van der Waals surface area contributed by atoms with Gasteiger partial charge in [-0.25, -0.2) is 0 Å². The van der Waals surface area contributed by atoms with Crippen LogP contribution in [0.15, 0.2) is 0 Å². The van der Waals surface area contributed by atoms with Gasteiger partial charge in [-0.15, -0.1) is 0 Å². The molecule has 0 spiro atoms. The number of carbonyl (C=O) groups is 3. The molecule has 0 N–H and O–H groups in total. The molecule has 0 aromatic heterocycles. The van der Waals surface area contributed by atoms with Gasteiger partial charge in [0.15, 0.2) is 0 Å². The fourth-order valence-corrected chi connectivity index (χ4v) is 4.88. The Hall–Kier alpha value is -0.720. The summed E-state index contributed by atoms with van der Waals surface area (Å²) >= 11 is 0. The average Bonchev–Trinajstić information content (AvgIpc) is 2.70. The zero-order valence-electron chi connectivity index (χ0n) is 19.0. The van der Waals surface area contributed by atoms with Crippen molar-refractivity contribution < 1.29 is 29.7 Å². The number of rotatable bonds is 6. The zero-order valence-corrected chi connectivity index (χ0v) is 22.3. The largest absolute Gasteiger partial charge is 3.00 e. The smallest absolute Gasteiger partial charge is 0.550 e. The third-order valence-corrected chi connectivity index (χ3v) is 6.54. The van der Waals surface area contributed by atoms with Crippen molar-refractivity contribution in [2.75, 3.05) is 0 Å². The van der Waals surface area contributed by atoms with Crippen molar-refractivity contribution >= 4 is 43.8 Å². The van der Waals surface area contributed by atoms with Gasteiger partial charge >= 0.3 is 25.8 Å². The van der Waals surface area contributed by atoms with Crippen LogP contribution in [0.25, 0.3) is 0 Å². The summed E-state index contributed by atoms with van der Waals surface area (Å²) in [6.45, 7) is 0. The maximum atomic E-state index is 10.2. The first-order chi connectivity index (χ1) is 14.4. The van der Waals surface area contributed by atoms with Crippen LogP contribution in [0, 0.1) is 17.8 Å². The van der Waals surface area contributed by atoms with Crippen LogP contribution in [0.1, 0.15) is 116 Å². The van der Waals surface area contributed by atoms with Gasteiger partial charge in [-0.1, -0.05) is 96.3 Å². The average molecular weight is 538 g/mol. The number of aliphatic carboxylic acids is 3. The molecule has 3 fully saturated rings. The number of carboxylic acid groups (broad SMARTS) is 3. The molecule has 0 aliphatic heterocycles. The summed E-state index contributed by atoms with van der Waals surface area (Å²) in [7, 11) is 0. The minimum atomic E-state index is -0.882. The molecule has 3 rings (SSSR count). The summed E-state index contributed by atoms with van der Waals surface area (Å²) in [5, 5.41) is 30.5. The third-order valence-electron chi connectivity index (χ3n) is 6.54. The van der Waals surface area contributed by atoms with Crippen molar-refractivity contribution in [1.82, 2.24) is 0 Å². The molecular weight excluding hydrogens is 499 g/mol. The van der Waals surface area contributed by atoms with Crippen LogP contribution < -0.4 is 15.3 Å². The van der Waals surface area contributed by atoms with E-state index in [1.54, 1.807) is 0 Å². The van der Waals surface area contributed by atoms with Crippen molar-refractivity contribution in [1.29, 1.82) is 0 Å². The van der Waals surface area contributed by atoms with E-state index in [1.807, 2.05) is 0 Å². The van der Waals surface area contributed by atoms with Gasteiger partial charge in [0.25, 0.3) is 0 Å². The monoisotopic (exact) mass is 538 g/mol. The molecule has 174 valence electrons. The molecule has 0 aromatic carbocycles. The maximum absolute atomic E-state index is 10.2. The van der Waals surface area contributed by atoms with Gasteiger partial charge in [0.05, 0.1) is 0 Å². The molecule has 0 bridgehead atoms. The molecular formula is C24H39InO6. The first kappa shape index (κ1) is 30.3. The topological polar surface area (TPSA) is 120 Å². The van der Waals surface area contributed by atoms with E-state index in [1.165, 1.54) is 57.8 Å². The minimum Gasteiger partial charge on any atom is -0.550 e. The van der Waals surface area contributed by atoms with Crippen molar-refractivity contribution in [2.24, 2.45) is 17.8 Å². The zero-order chi connectivity index (χ0) is 22.2. The number of carboxylic acids is 3. The molecule has 31 heavy (non-hydrogen) atoms. The normalized spacial score (nSPS) is 20.1. The van der Waals surface area contributed by atoms with E-state index in [-0.39, 0.29) is 45.1 Å². The second-order valence-corrected chi connectivity index (χ2v) is 9.24. The summed E-state index contributed by atoms with van der Waals surface area (Å²) in [5.41, 5.74) is 0. The Kier molecular flexibility index (Phi) is 18.4. The van der Waals surface area contributed by atoms with Gasteiger partial charge in [-0.3, -0.25) is 0 Å². The summed E-state index contributed by atoms with van der Waals surface area (Å²) in [6.07, 6.45) is 18.5. The molecule has 0 saturated heterocycles. The first-order valence-corrected chi connectivity index (χ1v) is 12.0. The second kappa shape index (κ2) is 18.8. The number of hydrogen-bond acceptors (Lipinski definition) is 6. The maximum Gasteiger partial charge on any atom is 3.00 e. The van der Waals surface area contributed by atoms with Crippen LogP contribution in [0.2, 0.25) is 0 Å². The van der Waals surface area contributed by atoms with Crippen LogP contribution >= 0.6 is 0 Å². The molecule has 7 heteroatoms. The first-order valence-electron chi connectivity index (χ1n) is 12.0. The fourth-order valence-electron chi connectivity index (χ4n) is 4.88. The standard InChI is InChI=1S/3C8H14O2.In/c3*9-8(10)6-7-4-2-1-3-5-7;/h3*7H,1-6H2,(H,9,10);/q;;;+3/p-3. The Bertz CT molecular complexity index is 421. The predicted molar refractivity (Wildman–Crippen MR) is 114 cm³/mol. The van der Waals surface area contributed by atoms with Gasteiger partial charge < -0.3 is 29.7 Å². The SMILES string of the molecule is O=C([O-])CC1CCCCC1.O=C([O-])CC1CCCCC1.O=C([O-])CC1CCCCC1.[In+3]. The fraction of sp³-hybridized carbons (Fsp3) is 0.875. The Morgan fingerprint density at radius 2 is 0.645 bits per heavy atom. The molecule has 3 saturated carbocycles. The molecule has 0 unspecified atom stereocenters. The van der Waals surface area contributed by atoms with Crippen molar-refractivity contribution in [2.45, 2.75) is 116 Å². The van der Waals surface area contributed by atoms with Crippen LogP contribution in [0.4, 0.5) is 0 Å². The van der Waals surface area contributed by atoms with Gasteiger partial charge in [0.2, 0.25) is 0 Å². The molecule has 6 nitrogen and oxygen atoms in total. The Labute approximate surface area is 206 Å². The molecule has 0 aromatic rings. The number of hydrogen-bond donors (Lipinski definition) is 0. The van der Waals surface area contributed by atoms with E-state index in [4.69, 9.17) is 0 Å². The van der Waals surface area contributed by atoms with E-state index in [0.717, 1.165) is 38.5 Å². The van der Waals surface area contributed by atoms with Gasteiger partial charge in [0, 0.05) is 17.9 Å². The van der Waals surface area contributed by atoms with Crippen molar-refractivity contribution in [3.63, 3.8) is 0 Å². The summed E-state index contributed by atoms with van der Waals surface area (Å²) < 4.78 is 0. The molecule has 0 heterocycles. The molecule has 3 aliphatic carbocycles. The number of carbonyl (C=O) groups excluding carboxylic acids is 3. The third kappa shape index (κ3) is 17.5. The van der Waals surface area contributed by atoms with E-state index in [0.29, 0.717) is 17.8 Å². The second-order valence-electron chi connectivity index (χ2n) is 9.24. The summed E-state index contributed by atoms with van der Waals surface area (Å²) in [4.78, 5) is 30.5. The predicted octanol–water partition coefficient (Wildman–Crippen LogP) is 1.74. The van der Waals surface area contributed by atoms with E-state index >= 15 is 0 Å². The van der Waals surface area contributed by atoms with Crippen LogP contribution in [-0.4, -0.2) is 43.8 Å². The van der Waals surface area contributed by atoms with Gasteiger partial charge in [-0.2, -0.15) is 0 Å². The Morgan fingerprint density at radius 1 is 0.452 bits per heavy atom. The van der Waals surface area contributed by atoms with Crippen molar-refractivity contribution in [3.8, 4) is 0 Å². The Morgan fingerprint density at radius 3 is 0.806 bits per heavy atom. The minimum absolute atomic E-state index is 0. The van der Waals surface area contributed by atoms with Gasteiger partial charge in [-0.05, 0) is 37.0 Å². The van der Waals surface area contributed by atoms with Crippen LogP contribution in [0.3, 0.4) is 0 Å². The molecule has 3 aliphatic rings. The Balaban J connectivity index is 0.000000429. The van der Waals surface area contributed by atoms with Crippen LogP contribution in [-0.2, 0) is 14.4 Å². The van der Waals surface area contributed by atoms with Crippen molar-refractivity contribution in [3.05, 3.63) is 0 Å². The summed E-state index contributed by atoms with van der Waals surface area (Å²) in [5.74, 6) is -1.40. The van der Waals surface area contributed by atoms with Crippen LogP contribution in [0.5, 0.6) is 0 Å². The van der Waals surface area contributed by atoms with E-state index < -0.39 is 17.9 Å². The summed E-state index contributed by atoms with van der Waals surface area (Å²) in [6, 6.07) is 0. The van der Waals surface area contributed by atoms with Gasteiger partial charge in [0.1, 0.15) is 0 Å². The molecule has 0 radical (unpaired) electrons. The van der Waals surface area contributed by atoms with E-state index in [2.05, 4.69) is 0 Å². The van der Waals surface area contributed by atoms with E-state index in [9.17, 15) is 29.7 Å². The molecule has 0 amide bonds. The quantitative estimate of drug-likeness (QED) is 0.508.